The molecule has 0 aliphatic rings. The van der Waals surface area contributed by atoms with Gasteiger partial charge in [-0.15, -0.1) is 0 Å². The number of nitro groups is 1. The lowest BCUT2D eigenvalue weighted by molar-refractivity contribution is -0.384. The Kier molecular flexibility index (Phi) is 7.38. The standard InChI is InChI=1S/C18H22N4O4/c1-26-13-15-7-3-2-6-14(15)12-21-18(23)20-11-10-19-16-8-4-5-9-17(16)22(24)25/h2-9,19H,10-13H2,1H3,(H2,20,21,23). The number of nitrogens with zero attached hydrogens (tertiary/aromatic N) is 1. The zero-order chi connectivity index (χ0) is 18.8. The normalized spacial score (nSPS) is 10.2. The van der Waals surface area contributed by atoms with Crippen LogP contribution in [0, 0.1) is 10.1 Å². The van der Waals surface area contributed by atoms with Crippen molar-refractivity contribution in [3.8, 4) is 0 Å². The van der Waals surface area contributed by atoms with Crippen molar-refractivity contribution in [2.75, 3.05) is 25.5 Å². The van der Waals surface area contributed by atoms with Crippen LogP contribution in [0.15, 0.2) is 48.5 Å². The third kappa shape index (κ3) is 5.75. The lowest BCUT2D eigenvalue weighted by Crippen LogP contribution is -2.37. The highest BCUT2D eigenvalue weighted by Crippen LogP contribution is 2.22. The molecule has 8 heteroatoms. The van der Waals surface area contributed by atoms with Crippen LogP contribution in [0.3, 0.4) is 0 Å². The molecule has 26 heavy (non-hydrogen) atoms. The number of hydrogen-bond acceptors (Lipinski definition) is 5. The highest BCUT2D eigenvalue weighted by Gasteiger charge is 2.11. The van der Waals surface area contributed by atoms with Crippen molar-refractivity contribution in [2.45, 2.75) is 13.2 Å². The summed E-state index contributed by atoms with van der Waals surface area (Å²) in [5.74, 6) is 0. The fourth-order valence-electron chi connectivity index (χ4n) is 2.42. The molecule has 0 radical (unpaired) electrons. The number of ether oxygens (including phenoxy) is 1. The highest BCUT2D eigenvalue weighted by atomic mass is 16.6. The Morgan fingerprint density at radius 1 is 1.04 bits per heavy atom. The summed E-state index contributed by atoms with van der Waals surface area (Å²) < 4.78 is 5.14. The number of nitrogens with one attached hydrogen (secondary N) is 3. The minimum Gasteiger partial charge on any atom is -0.380 e. The van der Waals surface area contributed by atoms with Gasteiger partial charge in [-0.2, -0.15) is 0 Å². The van der Waals surface area contributed by atoms with Gasteiger partial charge in [-0.05, 0) is 17.2 Å². The molecule has 0 bridgehead atoms. The average Bonchev–Trinajstić information content (AvgIpc) is 2.65. The van der Waals surface area contributed by atoms with Crippen LogP contribution in [0.1, 0.15) is 11.1 Å². The van der Waals surface area contributed by atoms with Crippen LogP contribution in [-0.2, 0) is 17.9 Å². The number of benzene rings is 2. The molecule has 0 saturated heterocycles. The van der Waals surface area contributed by atoms with Crippen molar-refractivity contribution in [1.29, 1.82) is 0 Å². The van der Waals surface area contributed by atoms with Gasteiger partial charge in [0.05, 0.1) is 11.5 Å². The van der Waals surface area contributed by atoms with E-state index in [1.165, 1.54) is 6.07 Å². The number of hydrogen-bond donors (Lipinski definition) is 3. The summed E-state index contributed by atoms with van der Waals surface area (Å²) in [6.07, 6.45) is 0. The number of amides is 2. The van der Waals surface area contributed by atoms with E-state index in [2.05, 4.69) is 16.0 Å². The first kappa shape index (κ1) is 19.2. The molecule has 0 aliphatic heterocycles. The molecule has 2 rings (SSSR count). The molecule has 0 atom stereocenters. The van der Waals surface area contributed by atoms with Crippen molar-refractivity contribution >= 4 is 17.4 Å². The van der Waals surface area contributed by atoms with Crippen LogP contribution >= 0.6 is 0 Å². The first-order chi connectivity index (χ1) is 12.6. The maximum Gasteiger partial charge on any atom is 0.315 e. The van der Waals surface area contributed by atoms with Crippen LogP contribution in [0.4, 0.5) is 16.2 Å². The molecule has 138 valence electrons. The molecule has 0 aromatic heterocycles. The van der Waals surface area contributed by atoms with Gasteiger partial charge in [0.25, 0.3) is 5.69 Å². The fraction of sp³-hybridized carbons (Fsp3) is 0.278. The van der Waals surface area contributed by atoms with E-state index >= 15 is 0 Å². The van der Waals surface area contributed by atoms with Gasteiger partial charge in [-0.25, -0.2) is 4.79 Å². The third-order valence-corrected chi connectivity index (χ3v) is 3.68. The Hall–Kier alpha value is -3.13. The van der Waals surface area contributed by atoms with Crippen LogP contribution in [0.5, 0.6) is 0 Å². The third-order valence-electron chi connectivity index (χ3n) is 3.68. The van der Waals surface area contributed by atoms with E-state index in [1.807, 2.05) is 24.3 Å². The van der Waals surface area contributed by atoms with E-state index in [9.17, 15) is 14.9 Å². The summed E-state index contributed by atoms with van der Waals surface area (Å²) in [5, 5.41) is 19.4. The molecule has 8 nitrogen and oxygen atoms in total. The van der Waals surface area contributed by atoms with Crippen molar-refractivity contribution < 1.29 is 14.5 Å². The Bertz CT molecular complexity index is 751. The fourth-order valence-corrected chi connectivity index (χ4v) is 2.42. The molecular weight excluding hydrogens is 336 g/mol. The summed E-state index contributed by atoms with van der Waals surface area (Å²) in [6, 6.07) is 13.8. The Morgan fingerprint density at radius 2 is 1.73 bits per heavy atom. The second-order valence-corrected chi connectivity index (χ2v) is 5.51. The average molecular weight is 358 g/mol. The largest absolute Gasteiger partial charge is 0.380 e. The van der Waals surface area contributed by atoms with Gasteiger partial charge < -0.3 is 20.7 Å². The molecule has 0 spiro atoms. The number of rotatable bonds is 9. The predicted molar refractivity (Wildman–Crippen MR) is 99.0 cm³/mol. The summed E-state index contributed by atoms with van der Waals surface area (Å²) in [4.78, 5) is 22.4. The van der Waals surface area contributed by atoms with Crippen LogP contribution < -0.4 is 16.0 Å². The Morgan fingerprint density at radius 3 is 2.46 bits per heavy atom. The Labute approximate surface area is 151 Å². The van der Waals surface area contributed by atoms with E-state index in [-0.39, 0.29) is 11.7 Å². The van der Waals surface area contributed by atoms with Gasteiger partial charge in [0.15, 0.2) is 0 Å². The molecule has 2 aromatic carbocycles. The maximum atomic E-state index is 11.9. The van der Waals surface area contributed by atoms with E-state index < -0.39 is 4.92 Å². The second kappa shape index (κ2) is 10.00. The number of carbonyl (C=O) groups is 1. The number of nitro benzene ring substituents is 1. The van der Waals surface area contributed by atoms with Crippen molar-refractivity contribution in [3.63, 3.8) is 0 Å². The summed E-state index contributed by atoms with van der Waals surface area (Å²) in [6.45, 7) is 1.58. The number of anilines is 1. The maximum absolute atomic E-state index is 11.9. The molecule has 3 N–H and O–H groups in total. The smallest absolute Gasteiger partial charge is 0.315 e. The highest BCUT2D eigenvalue weighted by molar-refractivity contribution is 5.74. The summed E-state index contributed by atoms with van der Waals surface area (Å²) in [7, 11) is 1.63. The van der Waals surface area contributed by atoms with Gasteiger partial charge in [-0.1, -0.05) is 36.4 Å². The van der Waals surface area contributed by atoms with E-state index in [1.54, 1.807) is 25.3 Å². The molecule has 2 aromatic rings. The van der Waals surface area contributed by atoms with Gasteiger partial charge >= 0.3 is 6.03 Å². The monoisotopic (exact) mass is 358 g/mol. The van der Waals surface area contributed by atoms with Crippen molar-refractivity contribution in [3.05, 3.63) is 69.8 Å². The first-order valence-corrected chi connectivity index (χ1v) is 8.16. The number of carbonyl (C=O) groups excluding carboxylic acids is 1. The molecule has 0 aliphatic carbocycles. The molecule has 2 amide bonds. The van der Waals surface area contributed by atoms with E-state index in [4.69, 9.17) is 4.74 Å². The van der Waals surface area contributed by atoms with Crippen LogP contribution in [0.2, 0.25) is 0 Å². The number of para-hydroxylation sites is 2. The minimum atomic E-state index is -0.445. The molecule has 0 unspecified atom stereocenters. The van der Waals surface area contributed by atoms with Gasteiger partial charge in [0, 0.05) is 32.8 Å². The van der Waals surface area contributed by atoms with Crippen molar-refractivity contribution in [2.24, 2.45) is 0 Å². The minimum absolute atomic E-state index is 0.00621. The Balaban J connectivity index is 1.74. The van der Waals surface area contributed by atoms with E-state index in [0.717, 1.165) is 11.1 Å². The molecular formula is C18H22N4O4. The number of urea groups is 1. The quantitative estimate of drug-likeness (QED) is 0.363. The van der Waals surface area contributed by atoms with Crippen molar-refractivity contribution in [1.82, 2.24) is 10.6 Å². The lowest BCUT2D eigenvalue weighted by atomic mass is 10.1. The van der Waals surface area contributed by atoms with Crippen LogP contribution in [-0.4, -0.2) is 31.2 Å². The summed E-state index contributed by atoms with van der Waals surface area (Å²) >= 11 is 0. The lowest BCUT2D eigenvalue weighted by Gasteiger charge is -2.11. The first-order valence-electron chi connectivity index (χ1n) is 8.16. The predicted octanol–water partition coefficient (Wildman–Crippen LogP) is 2.65. The van der Waals surface area contributed by atoms with Gasteiger partial charge in [0.1, 0.15) is 5.69 Å². The summed E-state index contributed by atoms with van der Waals surface area (Å²) in [5.41, 5.74) is 2.44. The number of methoxy groups -OCH3 is 1. The van der Waals surface area contributed by atoms with Gasteiger partial charge in [-0.3, -0.25) is 10.1 Å². The molecule has 0 heterocycles. The second-order valence-electron chi connectivity index (χ2n) is 5.51. The zero-order valence-corrected chi connectivity index (χ0v) is 14.5. The van der Waals surface area contributed by atoms with E-state index in [0.29, 0.717) is 31.9 Å². The van der Waals surface area contributed by atoms with Crippen LogP contribution in [0.25, 0.3) is 0 Å². The molecule has 0 saturated carbocycles. The topological polar surface area (TPSA) is 106 Å². The zero-order valence-electron chi connectivity index (χ0n) is 14.5. The molecule has 0 fully saturated rings. The van der Waals surface area contributed by atoms with Gasteiger partial charge in [0.2, 0.25) is 0 Å². The SMILES string of the molecule is COCc1ccccc1CNC(=O)NCCNc1ccccc1[N+](=O)[O-].